The lowest BCUT2D eigenvalue weighted by Crippen LogP contribution is -3.08. The first kappa shape index (κ1) is 20.8. The molecule has 1 aromatic heterocycles. The number of likely N-dealkylation sites (N-methyl/N-ethyl adjacent to an activating group) is 1. The predicted octanol–water partition coefficient (Wildman–Crippen LogP) is 3.07. The lowest BCUT2D eigenvalue weighted by atomic mass is 10.1. The minimum Gasteiger partial charge on any atom is -0.326 e. The van der Waals surface area contributed by atoms with Gasteiger partial charge in [0, 0.05) is 5.69 Å². The number of nitrogens with one attached hydrogen (secondary N) is 2. The molecule has 3 aromatic rings. The van der Waals surface area contributed by atoms with E-state index < -0.39 is 0 Å². The van der Waals surface area contributed by atoms with Crippen LogP contribution < -0.4 is 10.2 Å². The van der Waals surface area contributed by atoms with Crippen LogP contribution in [-0.2, 0) is 11.3 Å². The van der Waals surface area contributed by atoms with Crippen molar-refractivity contribution in [3.63, 3.8) is 0 Å². The van der Waals surface area contributed by atoms with Crippen molar-refractivity contribution in [3.8, 4) is 5.69 Å². The normalized spacial score (nSPS) is 12.1. The first-order valence-corrected chi connectivity index (χ1v) is 10.1. The highest BCUT2D eigenvalue weighted by Crippen LogP contribution is 2.21. The number of quaternary nitrogens is 1. The Bertz CT molecular complexity index is 998. The van der Waals surface area contributed by atoms with Crippen molar-refractivity contribution in [2.45, 2.75) is 41.2 Å². The first-order chi connectivity index (χ1) is 13.8. The Morgan fingerprint density at radius 3 is 2.28 bits per heavy atom. The zero-order chi connectivity index (χ0) is 21.1. The molecule has 1 atom stereocenters. The number of para-hydroxylation sites is 1. The minimum atomic E-state index is 0.0308. The monoisotopic (exact) mass is 391 g/mol. The summed E-state index contributed by atoms with van der Waals surface area (Å²) < 4.78 is 1.98. The highest BCUT2D eigenvalue weighted by atomic mass is 16.2. The summed E-state index contributed by atoms with van der Waals surface area (Å²) in [7, 11) is 2.05. The van der Waals surface area contributed by atoms with Gasteiger partial charge in [0.2, 0.25) is 0 Å². The number of carbonyl (C=O) groups excluding carboxylic acids is 1. The topological polar surface area (TPSA) is 51.4 Å². The maximum atomic E-state index is 12.6. The quantitative estimate of drug-likeness (QED) is 0.679. The van der Waals surface area contributed by atoms with E-state index in [0.29, 0.717) is 6.54 Å². The second-order valence-corrected chi connectivity index (χ2v) is 8.03. The summed E-state index contributed by atoms with van der Waals surface area (Å²) in [5, 5.41) is 7.82. The number of amides is 1. The van der Waals surface area contributed by atoms with Crippen LogP contribution in [0.3, 0.4) is 0 Å². The first-order valence-electron chi connectivity index (χ1n) is 10.1. The van der Waals surface area contributed by atoms with Gasteiger partial charge in [-0.15, -0.1) is 0 Å². The zero-order valence-electron chi connectivity index (χ0n) is 18.3. The molecular weight excluding hydrogens is 360 g/mol. The minimum absolute atomic E-state index is 0.0308. The van der Waals surface area contributed by atoms with Crippen LogP contribution in [0.5, 0.6) is 0 Å². The fourth-order valence-electron chi connectivity index (χ4n) is 3.95. The van der Waals surface area contributed by atoms with Crippen LogP contribution in [0.15, 0.2) is 42.5 Å². The molecule has 1 amide bonds. The van der Waals surface area contributed by atoms with Crippen LogP contribution in [0.2, 0.25) is 0 Å². The highest BCUT2D eigenvalue weighted by Gasteiger charge is 2.19. The van der Waals surface area contributed by atoms with Crippen molar-refractivity contribution in [1.29, 1.82) is 0 Å². The van der Waals surface area contributed by atoms with E-state index in [-0.39, 0.29) is 5.91 Å². The van der Waals surface area contributed by atoms with Crippen molar-refractivity contribution >= 4 is 11.6 Å². The number of rotatable bonds is 6. The summed E-state index contributed by atoms with van der Waals surface area (Å²) in [5.74, 6) is 0.0308. The van der Waals surface area contributed by atoms with Crippen LogP contribution >= 0.6 is 0 Å². The number of aromatic nitrogens is 2. The average molecular weight is 392 g/mol. The van der Waals surface area contributed by atoms with Gasteiger partial charge in [-0.25, -0.2) is 4.68 Å². The standard InChI is InChI=1S/C24H30N4O/c1-16-12-17(2)24(18(3)13-16)25-23(29)15-27(6)14-22-19(4)26-28(20(22)5)21-10-8-7-9-11-21/h7-13H,14-15H2,1-6H3,(H,25,29)/p+1. The van der Waals surface area contributed by atoms with E-state index in [1.165, 1.54) is 11.1 Å². The molecule has 5 nitrogen and oxygen atoms in total. The van der Waals surface area contributed by atoms with Crippen LogP contribution in [-0.4, -0.2) is 29.3 Å². The number of aryl methyl sites for hydroxylation is 4. The van der Waals surface area contributed by atoms with Gasteiger partial charge < -0.3 is 10.2 Å². The summed E-state index contributed by atoms with van der Waals surface area (Å²) >= 11 is 0. The Kier molecular flexibility index (Phi) is 6.18. The van der Waals surface area contributed by atoms with Crippen LogP contribution in [0.4, 0.5) is 5.69 Å². The number of anilines is 1. The van der Waals surface area contributed by atoms with Gasteiger partial charge in [0.15, 0.2) is 6.54 Å². The molecule has 1 heterocycles. The van der Waals surface area contributed by atoms with Crippen molar-refractivity contribution in [2.75, 3.05) is 18.9 Å². The summed E-state index contributed by atoms with van der Waals surface area (Å²) in [6.07, 6.45) is 0. The SMILES string of the molecule is Cc1cc(C)c(NC(=O)C[NH+](C)Cc2c(C)nn(-c3ccccc3)c2C)c(C)c1. The van der Waals surface area contributed by atoms with Crippen molar-refractivity contribution in [2.24, 2.45) is 0 Å². The molecule has 2 aromatic carbocycles. The van der Waals surface area contributed by atoms with Gasteiger partial charge in [-0.2, -0.15) is 5.10 Å². The summed E-state index contributed by atoms with van der Waals surface area (Å²) in [6.45, 7) is 11.4. The maximum Gasteiger partial charge on any atom is 0.279 e. The molecule has 0 saturated carbocycles. The van der Waals surface area contributed by atoms with Gasteiger partial charge in [0.05, 0.1) is 29.7 Å². The molecule has 1 unspecified atom stereocenters. The molecule has 0 fully saturated rings. The van der Waals surface area contributed by atoms with E-state index in [1.807, 2.05) is 50.7 Å². The van der Waals surface area contributed by atoms with E-state index >= 15 is 0 Å². The fourth-order valence-corrected chi connectivity index (χ4v) is 3.95. The molecule has 2 N–H and O–H groups in total. The van der Waals surface area contributed by atoms with Gasteiger partial charge in [0.25, 0.3) is 5.91 Å². The largest absolute Gasteiger partial charge is 0.326 e. The molecule has 0 radical (unpaired) electrons. The Labute approximate surface area is 173 Å². The van der Waals surface area contributed by atoms with E-state index in [0.717, 1.165) is 45.3 Å². The number of hydrogen-bond donors (Lipinski definition) is 2. The molecule has 0 spiro atoms. The summed E-state index contributed by atoms with van der Waals surface area (Å²) in [5.41, 5.74) is 8.73. The van der Waals surface area contributed by atoms with E-state index in [4.69, 9.17) is 5.10 Å². The molecule has 3 rings (SSSR count). The van der Waals surface area contributed by atoms with Gasteiger partial charge >= 0.3 is 0 Å². The lowest BCUT2D eigenvalue weighted by molar-refractivity contribution is -0.885. The van der Waals surface area contributed by atoms with Crippen LogP contribution in [0.1, 0.15) is 33.6 Å². The van der Waals surface area contributed by atoms with Crippen molar-refractivity contribution < 1.29 is 9.69 Å². The van der Waals surface area contributed by atoms with Crippen LogP contribution in [0, 0.1) is 34.6 Å². The Balaban J connectivity index is 1.69. The fraction of sp³-hybridized carbons (Fsp3) is 0.333. The third-order valence-corrected chi connectivity index (χ3v) is 5.32. The Hall–Kier alpha value is -2.92. The van der Waals surface area contributed by atoms with Gasteiger partial charge in [0.1, 0.15) is 6.54 Å². The molecule has 152 valence electrons. The zero-order valence-corrected chi connectivity index (χ0v) is 18.3. The molecule has 0 bridgehead atoms. The highest BCUT2D eigenvalue weighted by molar-refractivity contribution is 5.93. The van der Waals surface area contributed by atoms with Gasteiger partial charge in [-0.05, 0) is 57.9 Å². The average Bonchev–Trinajstić information content (AvgIpc) is 2.93. The smallest absolute Gasteiger partial charge is 0.279 e. The van der Waals surface area contributed by atoms with E-state index in [1.54, 1.807) is 0 Å². The Morgan fingerprint density at radius 1 is 1.03 bits per heavy atom. The second-order valence-electron chi connectivity index (χ2n) is 8.03. The molecule has 0 aliphatic rings. The molecule has 5 heteroatoms. The number of nitrogens with zero attached hydrogens (tertiary/aromatic N) is 2. The van der Waals surface area contributed by atoms with E-state index in [2.05, 4.69) is 43.4 Å². The van der Waals surface area contributed by atoms with Gasteiger partial charge in [-0.3, -0.25) is 4.79 Å². The molecule has 0 saturated heterocycles. The number of hydrogen-bond acceptors (Lipinski definition) is 2. The van der Waals surface area contributed by atoms with Crippen molar-refractivity contribution in [3.05, 3.63) is 76.1 Å². The molecule has 0 aliphatic carbocycles. The second kappa shape index (κ2) is 8.62. The third kappa shape index (κ3) is 4.74. The van der Waals surface area contributed by atoms with Crippen molar-refractivity contribution in [1.82, 2.24) is 9.78 Å². The maximum absolute atomic E-state index is 12.6. The van der Waals surface area contributed by atoms with Gasteiger partial charge in [-0.1, -0.05) is 35.9 Å². The van der Waals surface area contributed by atoms with Crippen LogP contribution in [0.25, 0.3) is 5.69 Å². The molecule has 29 heavy (non-hydrogen) atoms. The summed E-state index contributed by atoms with van der Waals surface area (Å²) in [4.78, 5) is 13.8. The number of carbonyl (C=O) groups is 1. The Morgan fingerprint density at radius 2 is 1.66 bits per heavy atom. The lowest BCUT2D eigenvalue weighted by Gasteiger charge is -2.16. The molecular formula is C24H31N4O+. The number of benzene rings is 2. The van der Waals surface area contributed by atoms with E-state index in [9.17, 15) is 4.79 Å². The predicted molar refractivity (Wildman–Crippen MR) is 118 cm³/mol. The third-order valence-electron chi connectivity index (χ3n) is 5.32. The summed E-state index contributed by atoms with van der Waals surface area (Å²) in [6, 6.07) is 14.3. The molecule has 0 aliphatic heterocycles.